The van der Waals surface area contributed by atoms with Crippen molar-refractivity contribution in [2.45, 2.75) is 26.2 Å². The van der Waals surface area contributed by atoms with E-state index in [0.29, 0.717) is 6.54 Å². The highest BCUT2D eigenvalue weighted by Gasteiger charge is 2.24. The second kappa shape index (κ2) is 6.01. The van der Waals surface area contributed by atoms with Crippen LogP contribution in [-0.2, 0) is 6.42 Å². The molecular formula is C15H21NO2. The van der Waals surface area contributed by atoms with Gasteiger partial charge in [-0.25, -0.2) is 0 Å². The molecule has 0 saturated carbocycles. The van der Waals surface area contributed by atoms with Crippen molar-refractivity contribution in [3.05, 3.63) is 35.4 Å². The summed E-state index contributed by atoms with van der Waals surface area (Å²) < 4.78 is 0. The van der Waals surface area contributed by atoms with E-state index in [0.717, 1.165) is 36.9 Å². The fraction of sp³-hybridized carbons (Fsp3) is 0.533. The molecule has 1 amide bonds. The van der Waals surface area contributed by atoms with Gasteiger partial charge in [-0.2, -0.15) is 0 Å². The summed E-state index contributed by atoms with van der Waals surface area (Å²) in [5.74, 6) is 0.363. The van der Waals surface area contributed by atoms with Gasteiger partial charge < -0.3 is 10.0 Å². The molecule has 1 saturated heterocycles. The number of rotatable bonds is 3. The highest BCUT2D eigenvalue weighted by Crippen LogP contribution is 2.20. The van der Waals surface area contributed by atoms with Crippen molar-refractivity contribution in [2.24, 2.45) is 5.92 Å². The number of amides is 1. The van der Waals surface area contributed by atoms with Crippen LogP contribution < -0.4 is 0 Å². The Morgan fingerprint density at radius 3 is 2.94 bits per heavy atom. The third-order valence-corrected chi connectivity index (χ3v) is 3.69. The number of carbonyl (C=O) groups is 1. The average Bonchev–Trinajstić information content (AvgIpc) is 2.46. The first-order chi connectivity index (χ1) is 8.76. The van der Waals surface area contributed by atoms with Crippen molar-refractivity contribution in [2.75, 3.05) is 19.7 Å². The Morgan fingerprint density at radius 2 is 2.22 bits per heavy atom. The normalized spacial score (nSPS) is 19.9. The zero-order chi connectivity index (χ0) is 13.0. The van der Waals surface area contributed by atoms with E-state index < -0.39 is 0 Å². The lowest BCUT2D eigenvalue weighted by molar-refractivity contribution is 0.0619. The lowest BCUT2D eigenvalue weighted by Gasteiger charge is -2.32. The molecule has 1 atom stereocenters. The minimum Gasteiger partial charge on any atom is -0.396 e. The van der Waals surface area contributed by atoms with Gasteiger partial charge in [0, 0.05) is 25.3 Å². The molecule has 1 aromatic rings. The number of benzene rings is 1. The van der Waals surface area contributed by atoms with Crippen LogP contribution in [0.15, 0.2) is 24.3 Å². The molecule has 1 heterocycles. The standard InChI is InChI=1S/C15H21NO2/c1-2-13-7-3-4-8-14(13)15(18)16-9-5-6-12(10-16)11-17/h3-4,7-8,12,17H,2,5-6,9-11H2,1H3. The van der Waals surface area contributed by atoms with Crippen LogP contribution in [0.5, 0.6) is 0 Å². The Hall–Kier alpha value is -1.35. The molecule has 1 N–H and O–H groups in total. The molecule has 0 spiro atoms. The summed E-state index contributed by atoms with van der Waals surface area (Å²) in [5, 5.41) is 9.22. The van der Waals surface area contributed by atoms with Crippen LogP contribution in [0.1, 0.15) is 35.7 Å². The van der Waals surface area contributed by atoms with Crippen molar-refractivity contribution in [1.29, 1.82) is 0 Å². The summed E-state index contributed by atoms with van der Waals surface area (Å²) in [6.07, 6.45) is 2.89. The van der Waals surface area contributed by atoms with Gasteiger partial charge in [-0.05, 0) is 36.8 Å². The van der Waals surface area contributed by atoms with Crippen molar-refractivity contribution < 1.29 is 9.90 Å². The smallest absolute Gasteiger partial charge is 0.254 e. The Labute approximate surface area is 108 Å². The van der Waals surface area contributed by atoms with Gasteiger partial charge in [-0.3, -0.25) is 4.79 Å². The number of hydrogen-bond donors (Lipinski definition) is 1. The van der Waals surface area contributed by atoms with Gasteiger partial charge in [0.25, 0.3) is 5.91 Å². The zero-order valence-electron chi connectivity index (χ0n) is 10.9. The Bertz CT molecular complexity index is 417. The largest absolute Gasteiger partial charge is 0.396 e. The van der Waals surface area contributed by atoms with Crippen LogP contribution >= 0.6 is 0 Å². The summed E-state index contributed by atoms with van der Waals surface area (Å²) in [7, 11) is 0. The third kappa shape index (κ3) is 2.72. The van der Waals surface area contributed by atoms with Crippen molar-refractivity contribution in [3.8, 4) is 0 Å². The molecule has 3 nitrogen and oxygen atoms in total. The first-order valence-electron chi connectivity index (χ1n) is 6.74. The molecule has 2 rings (SSSR count). The van der Waals surface area contributed by atoms with Crippen LogP contribution in [0.25, 0.3) is 0 Å². The van der Waals surface area contributed by atoms with Crippen LogP contribution in [0.3, 0.4) is 0 Å². The zero-order valence-corrected chi connectivity index (χ0v) is 10.9. The summed E-state index contributed by atoms with van der Waals surface area (Å²) in [6.45, 7) is 3.75. The van der Waals surface area contributed by atoms with Crippen LogP contribution in [-0.4, -0.2) is 35.6 Å². The lowest BCUT2D eigenvalue weighted by atomic mass is 9.97. The molecule has 1 aliphatic heterocycles. The van der Waals surface area contributed by atoms with Crippen molar-refractivity contribution in [1.82, 2.24) is 4.90 Å². The number of likely N-dealkylation sites (tertiary alicyclic amines) is 1. The second-order valence-electron chi connectivity index (χ2n) is 4.95. The maximum absolute atomic E-state index is 12.5. The monoisotopic (exact) mass is 247 g/mol. The molecular weight excluding hydrogens is 226 g/mol. The highest BCUT2D eigenvalue weighted by atomic mass is 16.3. The molecule has 0 aromatic heterocycles. The van der Waals surface area contributed by atoms with E-state index in [1.54, 1.807) is 0 Å². The Balaban J connectivity index is 2.15. The van der Waals surface area contributed by atoms with E-state index in [4.69, 9.17) is 0 Å². The van der Waals surface area contributed by atoms with Crippen LogP contribution in [0.2, 0.25) is 0 Å². The molecule has 0 bridgehead atoms. The maximum Gasteiger partial charge on any atom is 0.254 e. The fourth-order valence-corrected chi connectivity index (χ4v) is 2.61. The predicted molar refractivity (Wildman–Crippen MR) is 71.5 cm³/mol. The molecule has 98 valence electrons. The van der Waals surface area contributed by atoms with E-state index in [-0.39, 0.29) is 18.4 Å². The fourth-order valence-electron chi connectivity index (χ4n) is 2.61. The number of aliphatic hydroxyl groups excluding tert-OH is 1. The highest BCUT2D eigenvalue weighted by molar-refractivity contribution is 5.95. The molecule has 18 heavy (non-hydrogen) atoms. The first kappa shape index (κ1) is 13.1. The summed E-state index contributed by atoms with van der Waals surface area (Å²) in [5.41, 5.74) is 1.92. The molecule has 3 heteroatoms. The molecule has 0 radical (unpaired) electrons. The second-order valence-corrected chi connectivity index (χ2v) is 4.95. The average molecular weight is 247 g/mol. The first-order valence-corrected chi connectivity index (χ1v) is 6.74. The number of nitrogens with zero attached hydrogens (tertiary/aromatic N) is 1. The maximum atomic E-state index is 12.5. The minimum absolute atomic E-state index is 0.116. The number of hydrogen-bond acceptors (Lipinski definition) is 2. The van der Waals surface area contributed by atoms with Gasteiger partial charge in [0.2, 0.25) is 0 Å². The van der Waals surface area contributed by atoms with Crippen molar-refractivity contribution >= 4 is 5.91 Å². The lowest BCUT2D eigenvalue weighted by Crippen LogP contribution is -2.41. The van der Waals surface area contributed by atoms with E-state index in [1.807, 2.05) is 29.2 Å². The number of carbonyl (C=O) groups excluding carboxylic acids is 1. The van der Waals surface area contributed by atoms with Gasteiger partial charge in [0.1, 0.15) is 0 Å². The van der Waals surface area contributed by atoms with Crippen LogP contribution in [0, 0.1) is 5.92 Å². The third-order valence-electron chi connectivity index (χ3n) is 3.69. The quantitative estimate of drug-likeness (QED) is 0.888. The number of aryl methyl sites for hydroxylation is 1. The van der Waals surface area contributed by atoms with Crippen LogP contribution in [0.4, 0.5) is 0 Å². The molecule has 1 aliphatic rings. The molecule has 1 fully saturated rings. The summed E-state index contributed by atoms with van der Waals surface area (Å²) >= 11 is 0. The van der Waals surface area contributed by atoms with Gasteiger partial charge in [0.15, 0.2) is 0 Å². The molecule has 0 aliphatic carbocycles. The Kier molecular flexibility index (Phi) is 4.37. The van der Waals surface area contributed by atoms with Gasteiger partial charge in [-0.15, -0.1) is 0 Å². The summed E-state index contributed by atoms with van der Waals surface area (Å²) in [6, 6.07) is 7.81. The van der Waals surface area contributed by atoms with Gasteiger partial charge >= 0.3 is 0 Å². The van der Waals surface area contributed by atoms with E-state index in [1.165, 1.54) is 0 Å². The number of aliphatic hydroxyl groups is 1. The van der Waals surface area contributed by atoms with E-state index in [9.17, 15) is 9.90 Å². The summed E-state index contributed by atoms with van der Waals surface area (Å²) in [4.78, 5) is 14.4. The van der Waals surface area contributed by atoms with Crippen molar-refractivity contribution in [3.63, 3.8) is 0 Å². The predicted octanol–water partition coefficient (Wildman–Crippen LogP) is 2.09. The van der Waals surface area contributed by atoms with Gasteiger partial charge in [0.05, 0.1) is 0 Å². The van der Waals surface area contributed by atoms with Gasteiger partial charge in [-0.1, -0.05) is 25.1 Å². The van der Waals surface area contributed by atoms with E-state index >= 15 is 0 Å². The molecule has 1 unspecified atom stereocenters. The topological polar surface area (TPSA) is 40.5 Å². The number of piperidine rings is 1. The molecule has 1 aromatic carbocycles. The minimum atomic E-state index is 0.116. The van der Waals surface area contributed by atoms with E-state index in [2.05, 4.69) is 6.92 Å². The SMILES string of the molecule is CCc1ccccc1C(=O)N1CCCC(CO)C1. The Morgan fingerprint density at radius 1 is 1.44 bits per heavy atom.